The predicted octanol–water partition coefficient (Wildman–Crippen LogP) is 3.67. The lowest BCUT2D eigenvalue weighted by molar-refractivity contribution is -0.139. The van der Waals surface area contributed by atoms with Crippen LogP contribution in [0, 0.1) is 0 Å². The van der Waals surface area contributed by atoms with Gasteiger partial charge in [0.25, 0.3) is 5.56 Å². The van der Waals surface area contributed by atoms with Crippen molar-refractivity contribution in [1.29, 1.82) is 0 Å². The van der Waals surface area contributed by atoms with Crippen molar-refractivity contribution in [3.63, 3.8) is 0 Å². The second-order valence-electron chi connectivity index (χ2n) is 8.26. The molecule has 1 aliphatic heterocycles. The van der Waals surface area contributed by atoms with Crippen LogP contribution in [0.25, 0.3) is 16.8 Å². The minimum Gasteiger partial charge on any atom is -0.507 e. The number of aromatic nitrogens is 1. The van der Waals surface area contributed by atoms with E-state index < -0.39 is 12.0 Å². The second kappa shape index (κ2) is 9.47. The Morgan fingerprint density at radius 3 is 2.64 bits per heavy atom. The number of thiazole rings is 1. The van der Waals surface area contributed by atoms with Crippen LogP contribution in [0.4, 0.5) is 0 Å². The van der Waals surface area contributed by atoms with Crippen molar-refractivity contribution in [3.8, 4) is 11.5 Å². The molecule has 5 rings (SSSR count). The average Bonchev–Trinajstić information content (AvgIpc) is 3.18. The van der Waals surface area contributed by atoms with Crippen LogP contribution in [0.5, 0.6) is 11.5 Å². The molecule has 0 bridgehead atoms. The summed E-state index contributed by atoms with van der Waals surface area (Å²) >= 11 is 1.20. The van der Waals surface area contributed by atoms with Gasteiger partial charge in [0.05, 0.1) is 29.5 Å². The van der Waals surface area contributed by atoms with E-state index in [1.807, 2.05) is 36.4 Å². The number of aromatic hydroxyl groups is 1. The van der Waals surface area contributed by atoms with Gasteiger partial charge in [-0.25, -0.2) is 9.79 Å². The largest absolute Gasteiger partial charge is 0.507 e. The lowest BCUT2D eigenvalue weighted by Gasteiger charge is -2.27. The van der Waals surface area contributed by atoms with E-state index in [0.29, 0.717) is 31.9 Å². The third-order valence-electron chi connectivity index (χ3n) is 6.16. The summed E-state index contributed by atoms with van der Waals surface area (Å²) in [6.45, 7) is 3.67. The summed E-state index contributed by atoms with van der Waals surface area (Å²) in [5.74, 6) is 0.0817. The van der Waals surface area contributed by atoms with Gasteiger partial charge in [-0.3, -0.25) is 9.36 Å². The highest BCUT2D eigenvalue weighted by molar-refractivity contribution is 7.07. The number of para-hydroxylation sites is 1. The fraction of sp³-hybridized carbons (Fsp3) is 0.179. The van der Waals surface area contributed by atoms with Crippen LogP contribution in [0.3, 0.4) is 0 Å². The van der Waals surface area contributed by atoms with E-state index in [1.54, 1.807) is 51.3 Å². The number of fused-ring (bicyclic) bond motifs is 2. The zero-order valence-corrected chi connectivity index (χ0v) is 20.8. The van der Waals surface area contributed by atoms with Gasteiger partial charge in [0.2, 0.25) is 0 Å². The quantitative estimate of drug-likeness (QED) is 0.423. The van der Waals surface area contributed by atoms with Crippen molar-refractivity contribution in [2.75, 3.05) is 13.7 Å². The number of phenols is 1. The molecule has 3 aromatic carbocycles. The number of ether oxygens (including phenoxy) is 2. The summed E-state index contributed by atoms with van der Waals surface area (Å²) in [5.41, 5.74) is 1.64. The van der Waals surface area contributed by atoms with Crippen LogP contribution < -0.4 is 19.6 Å². The fourth-order valence-corrected chi connectivity index (χ4v) is 5.59. The molecule has 2 heterocycles. The molecule has 1 N–H and O–H groups in total. The monoisotopic (exact) mass is 500 g/mol. The Kier molecular flexibility index (Phi) is 6.20. The molecule has 0 saturated heterocycles. The van der Waals surface area contributed by atoms with Crippen LogP contribution in [-0.2, 0) is 9.53 Å². The van der Waals surface area contributed by atoms with Gasteiger partial charge in [-0.2, -0.15) is 0 Å². The Morgan fingerprint density at radius 2 is 1.89 bits per heavy atom. The summed E-state index contributed by atoms with van der Waals surface area (Å²) < 4.78 is 13.1. The maximum Gasteiger partial charge on any atom is 0.338 e. The lowest BCUT2D eigenvalue weighted by atomic mass is 9.90. The number of nitrogens with zero attached hydrogens (tertiary/aromatic N) is 2. The van der Waals surface area contributed by atoms with Gasteiger partial charge in [-0.15, -0.1) is 0 Å². The summed E-state index contributed by atoms with van der Waals surface area (Å²) in [5, 5.41) is 12.1. The second-order valence-corrected chi connectivity index (χ2v) is 9.27. The van der Waals surface area contributed by atoms with Gasteiger partial charge in [0.15, 0.2) is 4.80 Å². The van der Waals surface area contributed by atoms with Crippen LogP contribution in [0.2, 0.25) is 0 Å². The molecule has 4 aromatic rings. The molecule has 182 valence electrons. The van der Waals surface area contributed by atoms with Crippen LogP contribution in [0.15, 0.2) is 81.7 Å². The normalized spacial score (nSPS) is 15.5. The maximum atomic E-state index is 13.9. The zero-order chi connectivity index (χ0) is 25.4. The Balaban J connectivity index is 1.87. The first kappa shape index (κ1) is 23.6. The van der Waals surface area contributed by atoms with E-state index >= 15 is 0 Å². The molecular formula is C28H24N2O5S. The Bertz CT molecular complexity index is 1710. The molecule has 0 fully saturated rings. The Hall–Kier alpha value is -4.17. The van der Waals surface area contributed by atoms with Crippen molar-refractivity contribution in [2.45, 2.75) is 19.9 Å². The van der Waals surface area contributed by atoms with Gasteiger partial charge in [-0.05, 0) is 42.8 Å². The smallest absolute Gasteiger partial charge is 0.338 e. The lowest BCUT2D eigenvalue weighted by Crippen LogP contribution is -2.40. The van der Waals surface area contributed by atoms with Crippen molar-refractivity contribution >= 4 is 34.2 Å². The molecule has 36 heavy (non-hydrogen) atoms. The first-order valence-corrected chi connectivity index (χ1v) is 12.3. The number of hydrogen-bond donors (Lipinski definition) is 1. The number of rotatable bonds is 5. The van der Waals surface area contributed by atoms with Crippen molar-refractivity contribution in [2.24, 2.45) is 4.99 Å². The number of esters is 1. The molecule has 0 saturated carbocycles. The number of allylic oxidation sites excluding steroid dienone is 1. The van der Waals surface area contributed by atoms with Crippen molar-refractivity contribution < 1.29 is 19.4 Å². The van der Waals surface area contributed by atoms with E-state index in [2.05, 4.69) is 4.99 Å². The summed E-state index contributed by atoms with van der Waals surface area (Å²) in [6.07, 6.45) is 1.64. The Morgan fingerprint density at radius 1 is 1.14 bits per heavy atom. The Labute approximate surface area is 210 Å². The number of carbonyl (C=O) groups excluding carboxylic acids is 1. The number of benzene rings is 3. The van der Waals surface area contributed by atoms with Gasteiger partial charge < -0.3 is 14.6 Å². The summed E-state index contributed by atoms with van der Waals surface area (Å²) in [7, 11) is 1.57. The average molecular weight is 501 g/mol. The summed E-state index contributed by atoms with van der Waals surface area (Å²) in [4.78, 5) is 32.2. The molecule has 1 atom stereocenters. The summed E-state index contributed by atoms with van der Waals surface area (Å²) in [6, 6.07) is 17.5. The topological polar surface area (TPSA) is 90.1 Å². The van der Waals surface area contributed by atoms with Crippen LogP contribution in [-0.4, -0.2) is 29.4 Å². The number of carbonyl (C=O) groups is 1. The third-order valence-corrected chi connectivity index (χ3v) is 7.15. The van der Waals surface area contributed by atoms with E-state index in [4.69, 9.17) is 9.47 Å². The first-order valence-electron chi connectivity index (χ1n) is 11.5. The minimum atomic E-state index is -0.812. The van der Waals surface area contributed by atoms with Gasteiger partial charge in [-0.1, -0.05) is 59.9 Å². The van der Waals surface area contributed by atoms with Gasteiger partial charge in [0.1, 0.15) is 17.5 Å². The molecule has 8 heteroatoms. The van der Waals surface area contributed by atoms with Crippen LogP contribution >= 0.6 is 11.3 Å². The molecule has 0 unspecified atom stereocenters. The number of hydrogen-bond acceptors (Lipinski definition) is 7. The predicted molar refractivity (Wildman–Crippen MR) is 139 cm³/mol. The van der Waals surface area contributed by atoms with E-state index in [9.17, 15) is 14.7 Å². The minimum absolute atomic E-state index is 0.0685. The SMILES string of the molecule is CCOC(=O)C1=C(C)N=c2s/c(=C/c3ccccc3O)c(=O)n2[C@H]1c1c(OC)ccc2ccccc12. The molecule has 0 amide bonds. The highest BCUT2D eigenvalue weighted by Crippen LogP contribution is 2.40. The van der Waals surface area contributed by atoms with Gasteiger partial charge in [0, 0.05) is 11.1 Å². The molecule has 0 radical (unpaired) electrons. The highest BCUT2D eigenvalue weighted by Gasteiger charge is 2.36. The number of methoxy groups -OCH3 is 1. The van der Waals surface area contributed by atoms with Crippen molar-refractivity contribution in [1.82, 2.24) is 4.57 Å². The molecule has 1 aromatic heterocycles. The zero-order valence-electron chi connectivity index (χ0n) is 20.0. The van der Waals surface area contributed by atoms with E-state index in [1.165, 1.54) is 15.9 Å². The standard InChI is InChI=1S/C28H24N2O5S/c1-4-35-27(33)23-16(2)29-28-30(26(32)22(36-28)15-18-10-6-8-12-20(18)31)25(23)24-19-11-7-5-9-17(19)13-14-21(24)34-3/h5-15,25,31H,4H2,1-3H3/b22-15+/t25-/m1/s1. The van der Waals surface area contributed by atoms with E-state index in [0.717, 1.165) is 10.8 Å². The third kappa shape index (κ3) is 3.89. The maximum absolute atomic E-state index is 13.9. The van der Waals surface area contributed by atoms with Crippen molar-refractivity contribution in [3.05, 3.63) is 103 Å². The number of phenolic OH excluding ortho intramolecular Hbond substituents is 1. The molecule has 1 aliphatic rings. The molecular weight excluding hydrogens is 476 g/mol. The fourth-order valence-electron chi connectivity index (χ4n) is 4.55. The highest BCUT2D eigenvalue weighted by atomic mass is 32.1. The molecule has 0 spiro atoms. The van der Waals surface area contributed by atoms with Crippen LogP contribution in [0.1, 0.15) is 31.0 Å². The van der Waals surface area contributed by atoms with E-state index in [-0.39, 0.29) is 23.5 Å². The molecule has 7 nitrogen and oxygen atoms in total. The molecule has 0 aliphatic carbocycles. The first-order chi connectivity index (χ1) is 17.4. The van der Waals surface area contributed by atoms with Gasteiger partial charge >= 0.3 is 5.97 Å².